The van der Waals surface area contributed by atoms with Crippen LogP contribution in [0.4, 0.5) is 0 Å². The van der Waals surface area contributed by atoms with Crippen LogP contribution in [0.1, 0.15) is 11.4 Å². The van der Waals surface area contributed by atoms with E-state index in [1.807, 2.05) is 6.92 Å². The molecule has 0 amide bonds. The van der Waals surface area contributed by atoms with Crippen molar-refractivity contribution in [2.45, 2.75) is 12.7 Å². The van der Waals surface area contributed by atoms with Gasteiger partial charge in [-0.3, -0.25) is 0 Å². The first kappa shape index (κ1) is 9.08. The molecule has 2 N–H and O–H groups in total. The summed E-state index contributed by atoms with van der Waals surface area (Å²) < 4.78 is 21.2. The molecule has 1 aromatic heterocycles. The van der Waals surface area contributed by atoms with Crippen molar-refractivity contribution in [1.29, 1.82) is 0 Å². The van der Waals surface area contributed by atoms with Gasteiger partial charge in [-0.15, -0.1) is 0 Å². The van der Waals surface area contributed by atoms with Crippen LogP contribution in [0.15, 0.2) is 12.4 Å². The number of sulfonamides is 1. The fraction of sp³-hybridized carbons (Fsp3) is 0.333. The lowest BCUT2D eigenvalue weighted by Gasteiger charge is -1.96. The van der Waals surface area contributed by atoms with E-state index in [4.69, 9.17) is 5.14 Å². The fourth-order valence-electron chi connectivity index (χ4n) is 0.674. The lowest BCUT2D eigenvalue weighted by molar-refractivity contribution is 0.595. The molecule has 0 aliphatic carbocycles. The zero-order valence-electron chi connectivity index (χ0n) is 6.56. The van der Waals surface area contributed by atoms with Crippen LogP contribution < -0.4 is 5.14 Å². The zero-order chi connectivity index (χ0) is 9.19. The topological polar surface area (TPSA) is 85.9 Å². The molecule has 0 saturated heterocycles. The molecule has 0 aromatic carbocycles. The quantitative estimate of drug-likeness (QED) is 0.681. The first-order valence-corrected chi connectivity index (χ1v) is 4.97. The molecule has 1 aromatic rings. The summed E-state index contributed by atoms with van der Waals surface area (Å²) in [5.74, 6) is -0.0871. The first-order chi connectivity index (χ1) is 5.47. The van der Waals surface area contributed by atoms with Crippen molar-refractivity contribution in [3.05, 3.63) is 23.8 Å². The van der Waals surface area contributed by atoms with Gasteiger partial charge in [0.15, 0.2) is 0 Å². The molecule has 0 bridgehead atoms. The number of nitrogens with two attached hydrogens (primary N) is 1. The lowest BCUT2D eigenvalue weighted by atomic mass is 10.4. The summed E-state index contributed by atoms with van der Waals surface area (Å²) in [5.41, 5.74) is 0.883. The Kier molecular flexibility index (Phi) is 2.39. The second-order valence-electron chi connectivity index (χ2n) is 2.48. The van der Waals surface area contributed by atoms with E-state index in [1.165, 1.54) is 0 Å². The van der Waals surface area contributed by atoms with Crippen LogP contribution in [0.2, 0.25) is 0 Å². The molecule has 12 heavy (non-hydrogen) atoms. The molecule has 66 valence electrons. The number of rotatable bonds is 2. The van der Waals surface area contributed by atoms with Gasteiger partial charge < -0.3 is 0 Å². The third-order valence-corrected chi connectivity index (χ3v) is 1.83. The van der Waals surface area contributed by atoms with E-state index in [0.29, 0.717) is 0 Å². The number of nitrogens with zero attached hydrogens (tertiary/aromatic N) is 2. The largest absolute Gasteiger partial charge is 0.240 e. The Balaban J connectivity index is 2.85. The highest BCUT2D eigenvalue weighted by Crippen LogP contribution is 1.96. The smallest absolute Gasteiger partial charge is 0.216 e. The number of aryl methyl sites for hydroxylation is 1. The summed E-state index contributed by atoms with van der Waals surface area (Å²) in [4.78, 5) is 7.59. The van der Waals surface area contributed by atoms with Gasteiger partial charge in [0.1, 0.15) is 11.6 Å². The highest BCUT2D eigenvalue weighted by atomic mass is 32.2. The Morgan fingerprint density at radius 3 is 2.33 bits per heavy atom. The van der Waals surface area contributed by atoms with Gasteiger partial charge in [-0.2, -0.15) is 0 Å². The van der Waals surface area contributed by atoms with Crippen LogP contribution >= 0.6 is 0 Å². The van der Waals surface area contributed by atoms with Gasteiger partial charge in [-0.1, -0.05) is 0 Å². The third kappa shape index (κ3) is 2.93. The maximum absolute atomic E-state index is 10.6. The molecule has 6 heteroatoms. The fourth-order valence-corrected chi connectivity index (χ4v) is 1.18. The highest BCUT2D eigenvalue weighted by Gasteiger charge is 2.06. The Bertz CT molecular complexity index is 357. The molecule has 1 heterocycles. The standard InChI is InChI=1S/C6H9N3O2S/c1-5-2-8-6(9-3-5)4-12(7,10)11/h2-3H,4H2,1H3,(H2,7,10,11). The average molecular weight is 187 g/mol. The molecule has 0 spiro atoms. The average Bonchev–Trinajstić information content (AvgIpc) is 1.91. The highest BCUT2D eigenvalue weighted by molar-refractivity contribution is 7.88. The predicted octanol–water partition coefficient (Wildman–Crippen LogP) is -0.426. The molecule has 1 rings (SSSR count). The summed E-state index contributed by atoms with van der Waals surface area (Å²) in [5, 5.41) is 4.80. The summed E-state index contributed by atoms with van der Waals surface area (Å²) in [6, 6.07) is 0. The molecule has 0 atom stereocenters. The Morgan fingerprint density at radius 2 is 1.92 bits per heavy atom. The molecule has 0 radical (unpaired) electrons. The number of hydrogen-bond acceptors (Lipinski definition) is 4. The van der Waals surface area contributed by atoms with Crippen molar-refractivity contribution in [2.75, 3.05) is 0 Å². The number of primary sulfonamides is 1. The van der Waals surface area contributed by atoms with E-state index in [9.17, 15) is 8.42 Å². The molecular weight excluding hydrogens is 178 g/mol. The lowest BCUT2D eigenvalue weighted by Crippen LogP contribution is -2.16. The number of hydrogen-bond donors (Lipinski definition) is 1. The van der Waals surface area contributed by atoms with Crippen LogP contribution in [0.25, 0.3) is 0 Å². The van der Waals surface area contributed by atoms with Crippen LogP contribution in [-0.4, -0.2) is 18.4 Å². The van der Waals surface area contributed by atoms with Crippen molar-refractivity contribution in [3.63, 3.8) is 0 Å². The molecule has 0 saturated carbocycles. The molecule has 0 aliphatic rings. The molecule has 0 fully saturated rings. The van der Waals surface area contributed by atoms with Crippen LogP contribution in [0.5, 0.6) is 0 Å². The van der Waals surface area contributed by atoms with E-state index in [0.717, 1.165) is 5.56 Å². The summed E-state index contributed by atoms with van der Waals surface area (Å²) in [6.07, 6.45) is 3.10. The van der Waals surface area contributed by atoms with Crippen LogP contribution in [0.3, 0.4) is 0 Å². The monoisotopic (exact) mass is 187 g/mol. The molecular formula is C6H9N3O2S. The summed E-state index contributed by atoms with van der Waals surface area (Å²) in [6.45, 7) is 1.82. The molecule has 0 aliphatic heterocycles. The predicted molar refractivity (Wildman–Crippen MR) is 43.6 cm³/mol. The van der Waals surface area contributed by atoms with Gasteiger partial charge in [0.25, 0.3) is 0 Å². The normalized spacial score (nSPS) is 11.5. The maximum atomic E-state index is 10.6. The zero-order valence-corrected chi connectivity index (χ0v) is 7.37. The third-order valence-electron chi connectivity index (χ3n) is 1.16. The summed E-state index contributed by atoms with van der Waals surface area (Å²) >= 11 is 0. The Morgan fingerprint density at radius 1 is 1.42 bits per heavy atom. The van der Waals surface area contributed by atoms with Crippen LogP contribution in [-0.2, 0) is 15.8 Å². The second kappa shape index (κ2) is 3.16. The van der Waals surface area contributed by atoms with Crippen molar-refractivity contribution in [2.24, 2.45) is 5.14 Å². The van der Waals surface area contributed by atoms with Crippen molar-refractivity contribution in [1.82, 2.24) is 9.97 Å². The van der Waals surface area contributed by atoms with Gasteiger partial charge in [-0.05, 0) is 12.5 Å². The van der Waals surface area contributed by atoms with Gasteiger partial charge in [0, 0.05) is 12.4 Å². The SMILES string of the molecule is Cc1cnc(CS(N)(=O)=O)nc1. The van der Waals surface area contributed by atoms with E-state index >= 15 is 0 Å². The Labute approximate surface area is 70.7 Å². The van der Waals surface area contributed by atoms with Gasteiger partial charge in [-0.25, -0.2) is 23.5 Å². The molecule has 0 unspecified atom stereocenters. The van der Waals surface area contributed by atoms with Crippen molar-refractivity contribution in [3.8, 4) is 0 Å². The molecule has 5 nitrogen and oxygen atoms in total. The minimum absolute atomic E-state index is 0.225. The maximum Gasteiger partial charge on any atom is 0.216 e. The van der Waals surface area contributed by atoms with E-state index in [1.54, 1.807) is 12.4 Å². The van der Waals surface area contributed by atoms with Crippen molar-refractivity contribution >= 4 is 10.0 Å². The Hall–Kier alpha value is -1.01. The van der Waals surface area contributed by atoms with Gasteiger partial charge >= 0.3 is 0 Å². The van der Waals surface area contributed by atoms with Crippen LogP contribution in [0, 0.1) is 6.92 Å². The second-order valence-corrected chi connectivity index (χ2v) is 4.10. The first-order valence-electron chi connectivity index (χ1n) is 3.25. The van der Waals surface area contributed by atoms with E-state index in [2.05, 4.69) is 9.97 Å². The van der Waals surface area contributed by atoms with E-state index in [-0.39, 0.29) is 11.6 Å². The van der Waals surface area contributed by atoms with Gasteiger partial charge in [0.05, 0.1) is 0 Å². The minimum Gasteiger partial charge on any atom is -0.240 e. The van der Waals surface area contributed by atoms with Crippen molar-refractivity contribution < 1.29 is 8.42 Å². The van der Waals surface area contributed by atoms with E-state index < -0.39 is 10.0 Å². The number of aromatic nitrogens is 2. The van der Waals surface area contributed by atoms with Gasteiger partial charge in [0.2, 0.25) is 10.0 Å². The summed E-state index contributed by atoms with van der Waals surface area (Å²) in [7, 11) is -3.52. The minimum atomic E-state index is -3.52.